The van der Waals surface area contributed by atoms with Gasteiger partial charge in [0.2, 0.25) is 0 Å². The Morgan fingerprint density at radius 3 is 1.79 bits per heavy atom. The largest absolute Gasteiger partial charge is 0.423 e. The van der Waals surface area contributed by atoms with Crippen molar-refractivity contribution in [3.8, 4) is 11.5 Å². The molecule has 0 amide bonds. The summed E-state index contributed by atoms with van der Waals surface area (Å²) in [7, 11) is 0. The average molecular weight is 455 g/mol. The molecule has 4 nitrogen and oxygen atoms in total. The predicted octanol–water partition coefficient (Wildman–Crippen LogP) is 6.14. The number of ether oxygens (including phenoxy) is 2. The lowest BCUT2D eigenvalue weighted by Gasteiger charge is -2.10. The molecule has 0 spiro atoms. The molecule has 3 rings (SSSR count). The molecule has 4 heteroatoms. The van der Waals surface area contributed by atoms with Gasteiger partial charge in [0, 0.05) is 11.6 Å². The highest BCUT2D eigenvalue weighted by atomic mass is 16.5. The third-order valence-electron chi connectivity index (χ3n) is 5.58. The first-order chi connectivity index (χ1) is 16.3. The number of rotatable bonds is 10. The minimum atomic E-state index is -0.454. The minimum Gasteiger partial charge on any atom is -0.423 e. The number of esters is 2. The lowest BCUT2D eigenvalue weighted by molar-refractivity contribution is -0.130. The molecule has 0 aromatic heterocycles. The minimum absolute atomic E-state index is 0.382. The monoisotopic (exact) mass is 454 g/mol. The molecule has 0 radical (unpaired) electrons. The summed E-state index contributed by atoms with van der Waals surface area (Å²) in [6.45, 7) is 10.8. The van der Waals surface area contributed by atoms with E-state index in [1.807, 2.05) is 48.5 Å². The van der Waals surface area contributed by atoms with Gasteiger partial charge >= 0.3 is 11.9 Å². The van der Waals surface area contributed by atoms with Crippen molar-refractivity contribution in [3.63, 3.8) is 0 Å². The molecular formula is C30H30O4. The zero-order valence-electron chi connectivity index (χ0n) is 19.8. The fourth-order valence-electron chi connectivity index (χ4n) is 3.56. The zero-order chi connectivity index (χ0) is 24.5. The molecule has 0 fully saturated rings. The second kappa shape index (κ2) is 11.8. The maximum Gasteiger partial charge on any atom is 0.338 e. The van der Waals surface area contributed by atoms with Gasteiger partial charge in [-0.3, -0.25) is 0 Å². The second-order valence-electron chi connectivity index (χ2n) is 8.34. The molecule has 0 bridgehead atoms. The van der Waals surface area contributed by atoms with E-state index in [2.05, 4.69) is 38.3 Å². The normalized spacial score (nSPS) is 10.4. The molecule has 0 aliphatic heterocycles. The molecule has 0 N–H and O–H groups in total. The number of carbonyl (C=O) groups is 2. The van der Waals surface area contributed by atoms with E-state index in [-0.39, 0.29) is 0 Å². The summed E-state index contributed by atoms with van der Waals surface area (Å²) in [6.07, 6.45) is 4.87. The van der Waals surface area contributed by atoms with Gasteiger partial charge in [0.05, 0.1) is 0 Å². The van der Waals surface area contributed by atoms with Gasteiger partial charge in [-0.15, -0.1) is 0 Å². The summed E-state index contributed by atoms with van der Waals surface area (Å²) >= 11 is 0. The fraction of sp³-hybridized carbons (Fsp3) is 0.200. The Kier molecular flexibility index (Phi) is 8.58. The van der Waals surface area contributed by atoms with Crippen LogP contribution in [0.1, 0.15) is 34.7 Å². The quantitative estimate of drug-likeness (QED) is 0.210. The van der Waals surface area contributed by atoms with Gasteiger partial charge in [-0.25, -0.2) is 9.59 Å². The van der Waals surface area contributed by atoms with Crippen LogP contribution in [0.5, 0.6) is 11.5 Å². The molecule has 0 aliphatic carbocycles. The van der Waals surface area contributed by atoms with Crippen LogP contribution in [0.15, 0.2) is 91.5 Å². The van der Waals surface area contributed by atoms with Gasteiger partial charge < -0.3 is 9.47 Å². The lowest BCUT2D eigenvalue weighted by atomic mass is 9.96. The molecule has 0 unspecified atom stereocenters. The first-order valence-electron chi connectivity index (χ1n) is 11.3. The first kappa shape index (κ1) is 24.7. The summed E-state index contributed by atoms with van der Waals surface area (Å²) in [4.78, 5) is 22.9. The smallest absolute Gasteiger partial charge is 0.338 e. The SMILES string of the molecule is C=CC(=O)Oc1ccc(CCc2ccc(CCc3ccc(OC(=O)C(=C)C)cc3)c(C)c2)cc1. The van der Waals surface area contributed by atoms with Crippen molar-refractivity contribution in [1.82, 2.24) is 0 Å². The van der Waals surface area contributed by atoms with Gasteiger partial charge in [-0.2, -0.15) is 0 Å². The van der Waals surface area contributed by atoms with Crippen LogP contribution in [0.4, 0.5) is 0 Å². The van der Waals surface area contributed by atoms with Crippen molar-refractivity contribution < 1.29 is 19.1 Å². The van der Waals surface area contributed by atoms with Gasteiger partial charge in [0.1, 0.15) is 11.5 Å². The summed E-state index contributed by atoms with van der Waals surface area (Å²) in [5.74, 6) is 0.194. The third-order valence-corrected chi connectivity index (χ3v) is 5.58. The number of benzene rings is 3. The third kappa shape index (κ3) is 7.31. The molecule has 174 valence electrons. The Morgan fingerprint density at radius 1 is 0.765 bits per heavy atom. The molecule has 0 aliphatic rings. The van der Waals surface area contributed by atoms with E-state index >= 15 is 0 Å². The maximum absolute atomic E-state index is 11.6. The average Bonchev–Trinajstić information content (AvgIpc) is 2.83. The van der Waals surface area contributed by atoms with Crippen LogP contribution in [0, 0.1) is 6.92 Å². The first-order valence-corrected chi connectivity index (χ1v) is 11.3. The van der Waals surface area contributed by atoms with Crippen LogP contribution in [-0.4, -0.2) is 11.9 Å². The van der Waals surface area contributed by atoms with Crippen molar-refractivity contribution in [2.75, 3.05) is 0 Å². The zero-order valence-corrected chi connectivity index (χ0v) is 19.8. The molecule has 0 saturated carbocycles. The number of carbonyl (C=O) groups excluding carboxylic acids is 2. The number of hydrogen-bond acceptors (Lipinski definition) is 4. The Labute approximate surface area is 201 Å². The Hall–Kier alpha value is -3.92. The van der Waals surface area contributed by atoms with Gasteiger partial charge in [0.15, 0.2) is 0 Å². The van der Waals surface area contributed by atoms with Crippen molar-refractivity contribution >= 4 is 11.9 Å². The molecule has 0 atom stereocenters. The van der Waals surface area contributed by atoms with Crippen molar-refractivity contribution in [2.45, 2.75) is 39.5 Å². The van der Waals surface area contributed by atoms with Crippen molar-refractivity contribution in [2.24, 2.45) is 0 Å². The van der Waals surface area contributed by atoms with Crippen LogP contribution in [-0.2, 0) is 35.3 Å². The second-order valence-corrected chi connectivity index (χ2v) is 8.34. The van der Waals surface area contributed by atoms with Gasteiger partial charge in [-0.05, 0) is 91.6 Å². The van der Waals surface area contributed by atoms with E-state index in [9.17, 15) is 9.59 Å². The topological polar surface area (TPSA) is 52.6 Å². The Bertz CT molecular complexity index is 1170. The molecule has 34 heavy (non-hydrogen) atoms. The summed E-state index contributed by atoms with van der Waals surface area (Å²) in [5, 5.41) is 0. The maximum atomic E-state index is 11.6. The Morgan fingerprint density at radius 2 is 1.26 bits per heavy atom. The molecule has 3 aromatic carbocycles. The number of aryl methyl sites for hydroxylation is 5. The molecular weight excluding hydrogens is 424 g/mol. The van der Waals surface area contributed by atoms with E-state index in [1.165, 1.54) is 27.8 Å². The number of hydrogen-bond donors (Lipinski definition) is 0. The van der Waals surface area contributed by atoms with Crippen molar-refractivity contribution in [3.05, 3.63) is 119 Å². The van der Waals surface area contributed by atoms with Gasteiger partial charge in [-0.1, -0.05) is 55.6 Å². The lowest BCUT2D eigenvalue weighted by Crippen LogP contribution is -2.08. The van der Waals surface area contributed by atoms with E-state index in [4.69, 9.17) is 9.47 Å². The van der Waals surface area contributed by atoms with E-state index < -0.39 is 11.9 Å². The molecule has 3 aromatic rings. The van der Waals surface area contributed by atoms with Crippen LogP contribution < -0.4 is 9.47 Å². The van der Waals surface area contributed by atoms with E-state index in [0.717, 1.165) is 31.8 Å². The highest BCUT2D eigenvalue weighted by molar-refractivity contribution is 5.88. The molecule has 0 saturated heterocycles. The van der Waals surface area contributed by atoms with Crippen LogP contribution in [0.3, 0.4) is 0 Å². The summed E-state index contributed by atoms with van der Waals surface area (Å²) in [6, 6.07) is 21.9. The van der Waals surface area contributed by atoms with Crippen molar-refractivity contribution in [1.29, 1.82) is 0 Å². The summed E-state index contributed by atoms with van der Waals surface area (Å²) < 4.78 is 10.4. The van der Waals surface area contributed by atoms with Crippen LogP contribution in [0.25, 0.3) is 0 Å². The summed E-state index contributed by atoms with van der Waals surface area (Å²) in [5.41, 5.74) is 6.68. The standard InChI is InChI=1S/C30H30O4/c1-5-29(31)33-27-16-10-23(11-17-27)6-7-25-9-15-26(22(4)20-25)14-8-24-12-18-28(19-13-24)34-30(32)21(2)3/h5,9-13,15-20H,1-2,6-8,14H2,3-4H3. The highest BCUT2D eigenvalue weighted by Gasteiger charge is 2.07. The Balaban J connectivity index is 1.51. The van der Waals surface area contributed by atoms with E-state index in [1.54, 1.807) is 6.92 Å². The van der Waals surface area contributed by atoms with Crippen LogP contribution in [0.2, 0.25) is 0 Å². The highest BCUT2D eigenvalue weighted by Crippen LogP contribution is 2.19. The fourth-order valence-corrected chi connectivity index (χ4v) is 3.56. The van der Waals surface area contributed by atoms with Gasteiger partial charge in [0.25, 0.3) is 0 Å². The van der Waals surface area contributed by atoms with Crippen LogP contribution >= 0.6 is 0 Å². The van der Waals surface area contributed by atoms with E-state index in [0.29, 0.717) is 17.1 Å². The molecule has 0 heterocycles. The predicted molar refractivity (Wildman–Crippen MR) is 135 cm³/mol.